The van der Waals surface area contributed by atoms with Crippen LogP contribution in [0.3, 0.4) is 0 Å². The van der Waals surface area contributed by atoms with Crippen LogP contribution < -0.4 is 11.1 Å². The standard InChI is InChI=1S/C18H18Cl2N4O/c1-18(2,10-6-7-12(19)13(20)8-10)9-22-17-23-14-5-3-4-11(16(21)25)15(14)24-17/h3-8H,9H2,1-2H3,(H2,21,25)(H2,22,23,24). The molecule has 0 aliphatic rings. The third kappa shape index (κ3) is 3.57. The van der Waals surface area contributed by atoms with Gasteiger partial charge < -0.3 is 16.0 Å². The van der Waals surface area contributed by atoms with Crippen molar-refractivity contribution in [2.24, 2.45) is 5.73 Å². The van der Waals surface area contributed by atoms with E-state index in [1.54, 1.807) is 18.2 Å². The molecule has 0 radical (unpaired) electrons. The number of amides is 1. The van der Waals surface area contributed by atoms with E-state index in [0.717, 1.165) is 11.1 Å². The molecule has 4 N–H and O–H groups in total. The highest BCUT2D eigenvalue weighted by atomic mass is 35.5. The summed E-state index contributed by atoms with van der Waals surface area (Å²) in [6, 6.07) is 10.9. The molecule has 0 atom stereocenters. The van der Waals surface area contributed by atoms with Gasteiger partial charge in [0.2, 0.25) is 5.95 Å². The molecule has 0 aliphatic carbocycles. The first-order valence-corrected chi connectivity index (χ1v) is 8.51. The molecule has 130 valence electrons. The van der Waals surface area contributed by atoms with Crippen molar-refractivity contribution in [2.45, 2.75) is 19.3 Å². The number of primary amides is 1. The van der Waals surface area contributed by atoms with E-state index in [9.17, 15) is 4.79 Å². The minimum absolute atomic E-state index is 0.209. The molecule has 0 spiro atoms. The van der Waals surface area contributed by atoms with Gasteiger partial charge in [-0.2, -0.15) is 0 Å². The maximum atomic E-state index is 11.5. The van der Waals surface area contributed by atoms with E-state index in [1.807, 2.05) is 18.2 Å². The first kappa shape index (κ1) is 17.6. The van der Waals surface area contributed by atoms with Crippen molar-refractivity contribution in [2.75, 3.05) is 11.9 Å². The first-order valence-electron chi connectivity index (χ1n) is 7.76. The van der Waals surface area contributed by atoms with Gasteiger partial charge in [0.15, 0.2) is 0 Å². The van der Waals surface area contributed by atoms with Crippen LogP contribution in [0.1, 0.15) is 29.8 Å². The summed E-state index contributed by atoms with van der Waals surface area (Å²) in [5, 5.41) is 4.34. The Morgan fingerprint density at radius 2 is 2.00 bits per heavy atom. The molecule has 0 bridgehead atoms. The number of nitrogens with zero attached hydrogens (tertiary/aromatic N) is 1. The van der Waals surface area contributed by atoms with Gasteiger partial charge in [0.25, 0.3) is 5.91 Å². The summed E-state index contributed by atoms with van der Waals surface area (Å²) in [4.78, 5) is 19.1. The average Bonchev–Trinajstić information content (AvgIpc) is 2.98. The Morgan fingerprint density at radius 1 is 1.24 bits per heavy atom. The van der Waals surface area contributed by atoms with Crippen molar-refractivity contribution in [3.63, 3.8) is 0 Å². The predicted octanol–water partition coefficient (Wildman–Crippen LogP) is 4.36. The second kappa shape index (κ2) is 6.58. The van der Waals surface area contributed by atoms with E-state index in [1.165, 1.54) is 0 Å². The van der Waals surface area contributed by atoms with Crippen molar-refractivity contribution >= 4 is 46.1 Å². The number of carbonyl (C=O) groups excluding carboxylic acids is 1. The van der Waals surface area contributed by atoms with Crippen molar-refractivity contribution in [1.82, 2.24) is 9.97 Å². The summed E-state index contributed by atoms with van der Waals surface area (Å²) >= 11 is 12.1. The van der Waals surface area contributed by atoms with Gasteiger partial charge in [-0.15, -0.1) is 0 Å². The molecule has 0 unspecified atom stereocenters. The fourth-order valence-corrected chi connectivity index (χ4v) is 2.94. The smallest absolute Gasteiger partial charge is 0.250 e. The third-order valence-corrected chi connectivity index (χ3v) is 4.92. The second-order valence-corrected chi connectivity index (χ2v) is 7.33. The third-order valence-electron chi connectivity index (χ3n) is 4.18. The highest BCUT2D eigenvalue weighted by molar-refractivity contribution is 6.42. The van der Waals surface area contributed by atoms with Gasteiger partial charge in [-0.3, -0.25) is 4.79 Å². The zero-order valence-electron chi connectivity index (χ0n) is 13.9. The Labute approximate surface area is 155 Å². The minimum atomic E-state index is -0.500. The molecule has 0 fully saturated rings. The highest BCUT2D eigenvalue weighted by Crippen LogP contribution is 2.30. The summed E-state index contributed by atoms with van der Waals surface area (Å²) in [6.07, 6.45) is 0. The Hall–Kier alpha value is -2.24. The van der Waals surface area contributed by atoms with Crippen LogP contribution in [-0.2, 0) is 5.41 Å². The number of anilines is 1. The summed E-state index contributed by atoms with van der Waals surface area (Å²) in [5.41, 5.74) is 7.96. The average molecular weight is 377 g/mol. The number of carbonyl (C=O) groups is 1. The van der Waals surface area contributed by atoms with E-state index in [4.69, 9.17) is 28.9 Å². The van der Waals surface area contributed by atoms with E-state index >= 15 is 0 Å². The molecular weight excluding hydrogens is 359 g/mol. The molecule has 0 saturated heterocycles. The zero-order valence-corrected chi connectivity index (χ0v) is 15.4. The Kier molecular flexibility index (Phi) is 4.62. The SMILES string of the molecule is CC(C)(CNc1nc2c(C(N)=O)cccc2[nH]1)c1ccc(Cl)c(Cl)c1. The summed E-state index contributed by atoms with van der Waals surface area (Å²) in [5.74, 6) is 0.0802. The number of fused-ring (bicyclic) bond motifs is 1. The highest BCUT2D eigenvalue weighted by Gasteiger charge is 2.22. The van der Waals surface area contributed by atoms with Crippen molar-refractivity contribution < 1.29 is 4.79 Å². The van der Waals surface area contributed by atoms with Gasteiger partial charge in [-0.05, 0) is 29.8 Å². The normalized spacial score (nSPS) is 11.7. The van der Waals surface area contributed by atoms with Crippen molar-refractivity contribution in [3.05, 3.63) is 57.6 Å². The lowest BCUT2D eigenvalue weighted by molar-refractivity contribution is 0.100. The van der Waals surface area contributed by atoms with Gasteiger partial charge in [-0.25, -0.2) is 4.98 Å². The first-order chi connectivity index (χ1) is 11.8. The quantitative estimate of drug-likeness (QED) is 0.618. The number of H-pyrrole nitrogens is 1. The number of nitrogens with two attached hydrogens (primary N) is 1. The fourth-order valence-electron chi connectivity index (χ4n) is 2.64. The molecule has 7 heteroatoms. The van der Waals surface area contributed by atoms with Crippen LogP contribution in [0.2, 0.25) is 10.0 Å². The maximum absolute atomic E-state index is 11.5. The van der Waals surface area contributed by atoms with Crippen LogP contribution in [0.4, 0.5) is 5.95 Å². The molecule has 3 aromatic rings. The van der Waals surface area contributed by atoms with Crippen LogP contribution >= 0.6 is 23.2 Å². The maximum Gasteiger partial charge on any atom is 0.250 e. The van der Waals surface area contributed by atoms with E-state index in [0.29, 0.717) is 33.6 Å². The number of halogens is 2. The number of hydrogen-bond donors (Lipinski definition) is 3. The van der Waals surface area contributed by atoms with Gasteiger partial charge in [0.05, 0.1) is 21.1 Å². The van der Waals surface area contributed by atoms with Crippen LogP contribution in [0.15, 0.2) is 36.4 Å². The molecule has 2 aromatic carbocycles. The summed E-state index contributed by atoms with van der Waals surface area (Å²) in [7, 11) is 0. The number of benzene rings is 2. The van der Waals surface area contributed by atoms with Crippen LogP contribution in [-0.4, -0.2) is 22.4 Å². The van der Waals surface area contributed by atoms with Crippen molar-refractivity contribution in [3.8, 4) is 0 Å². The Balaban J connectivity index is 1.83. The predicted molar refractivity (Wildman–Crippen MR) is 103 cm³/mol. The monoisotopic (exact) mass is 376 g/mol. The van der Waals surface area contributed by atoms with Gasteiger partial charge in [0, 0.05) is 12.0 Å². The fraction of sp³-hybridized carbons (Fsp3) is 0.222. The summed E-state index contributed by atoms with van der Waals surface area (Å²) < 4.78 is 0. The molecular formula is C18H18Cl2N4O. The zero-order chi connectivity index (χ0) is 18.2. The molecule has 0 aliphatic heterocycles. The van der Waals surface area contributed by atoms with Crippen LogP contribution in [0.25, 0.3) is 11.0 Å². The Morgan fingerprint density at radius 3 is 2.68 bits per heavy atom. The molecule has 1 amide bonds. The molecule has 25 heavy (non-hydrogen) atoms. The van der Waals surface area contributed by atoms with Gasteiger partial charge in [0.1, 0.15) is 5.52 Å². The van der Waals surface area contributed by atoms with Crippen LogP contribution in [0, 0.1) is 0 Å². The number of aromatic amines is 1. The van der Waals surface area contributed by atoms with E-state index < -0.39 is 5.91 Å². The molecule has 0 saturated carbocycles. The summed E-state index contributed by atoms with van der Waals surface area (Å²) in [6.45, 7) is 4.80. The lowest BCUT2D eigenvalue weighted by Gasteiger charge is -2.26. The lowest BCUT2D eigenvalue weighted by atomic mass is 9.84. The van der Waals surface area contributed by atoms with Gasteiger partial charge >= 0.3 is 0 Å². The minimum Gasteiger partial charge on any atom is -0.366 e. The van der Waals surface area contributed by atoms with Gasteiger partial charge in [-0.1, -0.05) is 49.2 Å². The number of para-hydroxylation sites is 1. The second-order valence-electron chi connectivity index (χ2n) is 6.52. The largest absolute Gasteiger partial charge is 0.366 e. The number of aromatic nitrogens is 2. The molecule has 1 heterocycles. The van der Waals surface area contributed by atoms with Crippen LogP contribution in [0.5, 0.6) is 0 Å². The van der Waals surface area contributed by atoms with E-state index in [2.05, 4.69) is 29.1 Å². The number of nitrogens with one attached hydrogen (secondary N) is 2. The molecule has 5 nitrogen and oxygen atoms in total. The lowest BCUT2D eigenvalue weighted by Crippen LogP contribution is -2.28. The Bertz CT molecular complexity index is 949. The molecule has 1 aromatic heterocycles. The number of hydrogen-bond acceptors (Lipinski definition) is 3. The number of imidazole rings is 1. The van der Waals surface area contributed by atoms with Crippen molar-refractivity contribution in [1.29, 1.82) is 0 Å². The molecule has 3 rings (SSSR count). The topological polar surface area (TPSA) is 83.8 Å². The van der Waals surface area contributed by atoms with E-state index in [-0.39, 0.29) is 5.41 Å². The number of rotatable bonds is 5.